The van der Waals surface area contributed by atoms with Crippen molar-refractivity contribution in [2.24, 2.45) is 0 Å². The first-order chi connectivity index (χ1) is 11.6. The first kappa shape index (κ1) is 16.3. The van der Waals surface area contributed by atoms with E-state index in [1.54, 1.807) is 30.1 Å². The van der Waals surface area contributed by atoms with Crippen LogP contribution in [0.5, 0.6) is 0 Å². The van der Waals surface area contributed by atoms with Crippen molar-refractivity contribution in [3.8, 4) is 11.3 Å². The average Bonchev–Trinajstić information content (AvgIpc) is 3.11. The van der Waals surface area contributed by atoms with E-state index >= 15 is 0 Å². The SMILES string of the molecule is CC(c1ccccc1)N(C)C(=O)c1ccc(-c2ccccc2Cl)o1. The molecular weight excluding hydrogens is 322 g/mol. The number of nitrogens with zero attached hydrogens (tertiary/aromatic N) is 1. The van der Waals surface area contributed by atoms with Gasteiger partial charge >= 0.3 is 0 Å². The van der Waals surface area contributed by atoms with Gasteiger partial charge < -0.3 is 9.32 Å². The molecule has 0 bridgehead atoms. The van der Waals surface area contributed by atoms with Crippen LogP contribution in [0.2, 0.25) is 5.02 Å². The van der Waals surface area contributed by atoms with Gasteiger partial charge in [-0.15, -0.1) is 0 Å². The lowest BCUT2D eigenvalue weighted by Gasteiger charge is -2.24. The number of benzene rings is 2. The van der Waals surface area contributed by atoms with Gasteiger partial charge in [-0.3, -0.25) is 4.79 Å². The van der Waals surface area contributed by atoms with Gasteiger partial charge in [0.2, 0.25) is 0 Å². The largest absolute Gasteiger partial charge is 0.451 e. The number of furan rings is 1. The molecule has 0 fully saturated rings. The van der Waals surface area contributed by atoms with Crippen molar-refractivity contribution in [2.45, 2.75) is 13.0 Å². The lowest BCUT2D eigenvalue weighted by atomic mass is 10.1. The van der Waals surface area contributed by atoms with Crippen LogP contribution < -0.4 is 0 Å². The van der Waals surface area contributed by atoms with Crippen molar-refractivity contribution < 1.29 is 9.21 Å². The van der Waals surface area contributed by atoms with E-state index in [1.165, 1.54) is 0 Å². The molecule has 0 radical (unpaired) electrons. The van der Waals surface area contributed by atoms with Crippen molar-refractivity contribution >= 4 is 17.5 Å². The Morgan fingerprint density at radius 2 is 1.67 bits per heavy atom. The molecule has 3 nitrogen and oxygen atoms in total. The second-order valence-corrected chi connectivity index (χ2v) is 6.05. The average molecular weight is 340 g/mol. The molecule has 1 unspecified atom stereocenters. The number of hydrogen-bond donors (Lipinski definition) is 0. The van der Waals surface area contributed by atoms with Crippen LogP contribution in [0.25, 0.3) is 11.3 Å². The predicted octanol–water partition coefficient (Wildman–Crippen LogP) is 5.43. The Balaban J connectivity index is 1.82. The number of hydrogen-bond acceptors (Lipinski definition) is 2. The van der Waals surface area contributed by atoms with E-state index in [0.717, 1.165) is 11.1 Å². The smallest absolute Gasteiger partial charge is 0.289 e. The zero-order chi connectivity index (χ0) is 17.1. The Morgan fingerprint density at radius 3 is 2.38 bits per heavy atom. The van der Waals surface area contributed by atoms with Crippen LogP contribution in [-0.4, -0.2) is 17.9 Å². The van der Waals surface area contributed by atoms with E-state index in [1.807, 2.05) is 55.5 Å². The molecule has 1 heterocycles. The van der Waals surface area contributed by atoms with Gasteiger partial charge in [-0.1, -0.05) is 54.1 Å². The predicted molar refractivity (Wildman–Crippen MR) is 96.1 cm³/mol. The maximum absolute atomic E-state index is 12.7. The third-order valence-corrected chi connectivity index (χ3v) is 4.47. The molecule has 0 aliphatic heterocycles. The summed E-state index contributed by atoms with van der Waals surface area (Å²) >= 11 is 6.19. The number of halogens is 1. The standard InChI is InChI=1S/C20H18ClNO2/c1-14(15-8-4-3-5-9-15)22(2)20(23)19-13-12-18(24-19)16-10-6-7-11-17(16)21/h3-14H,1-2H3. The third kappa shape index (κ3) is 3.22. The molecule has 0 saturated heterocycles. The minimum absolute atomic E-state index is 0.0486. The lowest BCUT2D eigenvalue weighted by molar-refractivity contribution is 0.0711. The van der Waals surface area contributed by atoms with Gasteiger partial charge in [0, 0.05) is 12.6 Å². The fourth-order valence-electron chi connectivity index (χ4n) is 2.56. The van der Waals surface area contributed by atoms with E-state index in [-0.39, 0.29) is 11.9 Å². The van der Waals surface area contributed by atoms with Crippen molar-refractivity contribution in [3.05, 3.63) is 83.1 Å². The van der Waals surface area contributed by atoms with Crippen LogP contribution in [0, 0.1) is 0 Å². The van der Waals surface area contributed by atoms with Crippen LogP contribution in [0.1, 0.15) is 29.1 Å². The topological polar surface area (TPSA) is 33.5 Å². The summed E-state index contributed by atoms with van der Waals surface area (Å²) in [6, 6.07) is 20.7. The molecular formula is C20H18ClNO2. The van der Waals surface area contributed by atoms with Gasteiger partial charge in [0.05, 0.1) is 11.1 Å². The molecule has 0 aliphatic rings. The summed E-state index contributed by atoms with van der Waals surface area (Å²) in [5.74, 6) is 0.726. The molecule has 1 aromatic heterocycles. The van der Waals surface area contributed by atoms with Crippen LogP contribution in [-0.2, 0) is 0 Å². The Bertz CT molecular complexity index is 842. The second kappa shape index (κ2) is 6.93. The molecule has 4 heteroatoms. The summed E-state index contributed by atoms with van der Waals surface area (Å²) < 4.78 is 5.74. The number of rotatable bonds is 4. The fraction of sp³-hybridized carbons (Fsp3) is 0.150. The van der Waals surface area contributed by atoms with Crippen molar-refractivity contribution in [1.82, 2.24) is 4.90 Å². The summed E-state index contributed by atoms with van der Waals surface area (Å²) in [4.78, 5) is 14.4. The third-order valence-electron chi connectivity index (χ3n) is 4.14. The minimum Gasteiger partial charge on any atom is -0.451 e. The van der Waals surface area contributed by atoms with Gasteiger partial charge in [0.25, 0.3) is 5.91 Å². The highest BCUT2D eigenvalue weighted by atomic mass is 35.5. The highest BCUT2D eigenvalue weighted by Crippen LogP contribution is 2.30. The molecule has 0 saturated carbocycles. The Labute approximate surface area is 146 Å². The van der Waals surface area contributed by atoms with Gasteiger partial charge in [0.1, 0.15) is 5.76 Å². The van der Waals surface area contributed by atoms with Crippen LogP contribution in [0.4, 0.5) is 0 Å². The molecule has 2 aromatic carbocycles. The molecule has 1 atom stereocenters. The van der Waals surface area contributed by atoms with Gasteiger partial charge in [-0.05, 0) is 36.8 Å². The highest BCUT2D eigenvalue weighted by Gasteiger charge is 2.22. The van der Waals surface area contributed by atoms with Gasteiger partial charge in [-0.25, -0.2) is 0 Å². The van der Waals surface area contributed by atoms with Gasteiger partial charge in [-0.2, -0.15) is 0 Å². The van der Waals surface area contributed by atoms with Crippen molar-refractivity contribution in [3.63, 3.8) is 0 Å². The molecule has 3 rings (SSSR count). The zero-order valence-electron chi connectivity index (χ0n) is 13.6. The summed E-state index contributed by atoms with van der Waals surface area (Å²) in [5, 5.41) is 0.594. The van der Waals surface area contributed by atoms with E-state index < -0.39 is 0 Å². The number of amides is 1. The maximum Gasteiger partial charge on any atom is 0.289 e. The summed E-state index contributed by atoms with van der Waals surface area (Å²) in [6.45, 7) is 1.99. The summed E-state index contributed by atoms with van der Waals surface area (Å²) in [6.07, 6.45) is 0. The van der Waals surface area contributed by atoms with E-state index in [4.69, 9.17) is 16.0 Å². The van der Waals surface area contributed by atoms with Crippen LogP contribution in [0.3, 0.4) is 0 Å². The summed E-state index contributed by atoms with van der Waals surface area (Å²) in [5.41, 5.74) is 1.85. The molecule has 1 amide bonds. The lowest BCUT2D eigenvalue weighted by Crippen LogP contribution is -2.29. The highest BCUT2D eigenvalue weighted by molar-refractivity contribution is 6.33. The molecule has 122 valence electrons. The number of carbonyl (C=O) groups is 1. The maximum atomic E-state index is 12.7. The van der Waals surface area contributed by atoms with Gasteiger partial charge in [0.15, 0.2) is 5.76 Å². The first-order valence-electron chi connectivity index (χ1n) is 7.75. The molecule has 3 aromatic rings. The number of carbonyl (C=O) groups excluding carboxylic acids is 1. The van der Waals surface area contributed by atoms with E-state index in [2.05, 4.69) is 0 Å². The van der Waals surface area contributed by atoms with Crippen LogP contribution >= 0.6 is 11.6 Å². The van der Waals surface area contributed by atoms with E-state index in [0.29, 0.717) is 16.5 Å². The zero-order valence-corrected chi connectivity index (χ0v) is 14.3. The van der Waals surface area contributed by atoms with Crippen molar-refractivity contribution in [2.75, 3.05) is 7.05 Å². The quantitative estimate of drug-likeness (QED) is 0.634. The minimum atomic E-state index is -0.162. The van der Waals surface area contributed by atoms with E-state index in [9.17, 15) is 4.79 Å². The molecule has 0 N–H and O–H groups in total. The molecule has 0 spiro atoms. The normalized spacial score (nSPS) is 12.0. The molecule has 24 heavy (non-hydrogen) atoms. The summed E-state index contributed by atoms with van der Waals surface area (Å²) in [7, 11) is 1.78. The fourth-order valence-corrected chi connectivity index (χ4v) is 2.79. The van der Waals surface area contributed by atoms with Crippen LogP contribution in [0.15, 0.2) is 71.1 Å². The second-order valence-electron chi connectivity index (χ2n) is 5.65. The first-order valence-corrected chi connectivity index (χ1v) is 8.12. The monoisotopic (exact) mass is 339 g/mol. The Kier molecular flexibility index (Phi) is 4.72. The van der Waals surface area contributed by atoms with Crippen molar-refractivity contribution in [1.29, 1.82) is 0 Å². The Hall–Kier alpha value is -2.52. The Morgan fingerprint density at radius 1 is 1.00 bits per heavy atom. The molecule has 0 aliphatic carbocycles.